The van der Waals surface area contributed by atoms with Gasteiger partial charge in [0.15, 0.2) is 0 Å². The summed E-state index contributed by atoms with van der Waals surface area (Å²) in [5.41, 5.74) is 8.63. The van der Waals surface area contributed by atoms with Crippen LogP contribution in [0.25, 0.3) is 0 Å². The van der Waals surface area contributed by atoms with Gasteiger partial charge in [-0.3, -0.25) is 4.79 Å². The second-order valence-electron chi connectivity index (χ2n) is 7.21. The van der Waals surface area contributed by atoms with Gasteiger partial charge in [0.1, 0.15) is 0 Å². The van der Waals surface area contributed by atoms with Gasteiger partial charge >= 0.3 is 0 Å². The van der Waals surface area contributed by atoms with Crippen LogP contribution >= 0.6 is 0 Å². The van der Waals surface area contributed by atoms with Crippen LogP contribution in [0, 0.1) is 5.41 Å². The molecule has 2 heterocycles. The molecule has 0 aromatic heterocycles. The van der Waals surface area contributed by atoms with E-state index in [1.807, 2.05) is 11.0 Å². The zero-order valence-corrected chi connectivity index (χ0v) is 13.5. The van der Waals surface area contributed by atoms with Crippen molar-refractivity contribution in [3.63, 3.8) is 0 Å². The van der Waals surface area contributed by atoms with E-state index in [2.05, 4.69) is 32.0 Å². The molecule has 1 aromatic rings. The van der Waals surface area contributed by atoms with Crippen molar-refractivity contribution in [2.24, 2.45) is 11.1 Å². The number of hydrogen-bond acceptors (Lipinski definition) is 3. The molecule has 2 unspecified atom stereocenters. The first-order valence-corrected chi connectivity index (χ1v) is 8.20. The van der Waals surface area contributed by atoms with E-state index in [0.717, 1.165) is 25.9 Å². The van der Waals surface area contributed by atoms with Crippen molar-refractivity contribution < 1.29 is 9.53 Å². The van der Waals surface area contributed by atoms with Gasteiger partial charge in [-0.15, -0.1) is 0 Å². The van der Waals surface area contributed by atoms with Gasteiger partial charge in [0, 0.05) is 19.1 Å². The number of likely N-dealkylation sites (tertiary alicyclic amines) is 1. The van der Waals surface area contributed by atoms with E-state index in [1.165, 1.54) is 11.1 Å². The van der Waals surface area contributed by atoms with Crippen molar-refractivity contribution in [2.45, 2.75) is 45.3 Å². The van der Waals surface area contributed by atoms with Crippen LogP contribution in [0.2, 0.25) is 0 Å². The summed E-state index contributed by atoms with van der Waals surface area (Å²) >= 11 is 0. The first kappa shape index (κ1) is 15.5. The highest BCUT2D eigenvalue weighted by molar-refractivity contribution is 5.77. The highest BCUT2D eigenvalue weighted by atomic mass is 16.5. The molecule has 0 spiro atoms. The second kappa shape index (κ2) is 6.01. The minimum atomic E-state index is -0.101. The summed E-state index contributed by atoms with van der Waals surface area (Å²) in [5.74, 6) is 0.182. The van der Waals surface area contributed by atoms with Crippen LogP contribution in [0.15, 0.2) is 24.3 Å². The summed E-state index contributed by atoms with van der Waals surface area (Å²) < 4.78 is 5.87. The lowest BCUT2D eigenvalue weighted by Gasteiger charge is -2.43. The summed E-state index contributed by atoms with van der Waals surface area (Å²) in [4.78, 5) is 14.6. The van der Waals surface area contributed by atoms with E-state index < -0.39 is 0 Å². The molecule has 1 fully saturated rings. The van der Waals surface area contributed by atoms with Crippen molar-refractivity contribution >= 4 is 5.91 Å². The molecule has 4 heteroatoms. The van der Waals surface area contributed by atoms with Gasteiger partial charge < -0.3 is 15.4 Å². The molecule has 3 rings (SSSR count). The zero-order valence-electron chi connectivity index (χ0n) is 13.5. The molecule has 1 aromatic carbocycles. The average Bonchev–Trinajstić information content (AvgIpc) is 2.50. The Labute approximate surface area is 132 Å². The Balaban J connectivity index is 1.68. The van der Waals surface area contributed by atoms with Gasteiger partial charge in [0.25, 0.3) is 0 Å². The number of carbonyl (C=O) groups excluding carboxylic acids is 1. The van der Waals surface area contributed by atoms with Crippen molar-refractivity contribution in [3.8, 4) is 0 Å². The van der Waals surface area contributed by atoms with Gasteiger partial charge in [-0.05, 0) is 29.4 Å². The number of ether oxygens (including phenoxy) is 1. The minimum Gasteiger partial charge on any atom is -0.373 e. The average molecular weight is 302 g/mol. The first-order valence-electron chi connectivity index (χ1n) is 8.20. The lowest BCUT2D eigenvalue weighted by molar-refractivity contribution is -0.138. The number of rotatable bonds is 2. The fourth-order valence-electron chi connectivity index (χ4n) is 3.52. The molecular weight excluding hydrogens is 276 g/mol. The monoisotopic (exact) mass is 302 g/mol. The number of benzene rings is 1. The van der Waals surface area contributed by atoms with Crippen LogP contribution in [0.5, 0.6) is 0 Å². The predicted molar refractivity (Wildman–Crippen MR) is 86.4 cm³/mol. The quantitative estimate of drug-likeness (QED) is 0.912. The van der Waals surface area contributed by atoms with E-state index in [0.29, 0.717) is 13.0 Å². The van der Waals surface area contributed by atoms with Crippen molar-refractivity contribution in [1.82, 2.24) is 4.90 Å². The standard InChI is InChI=1S/C18H26N2O2/c1-18(2)12-20(9-7-16(18)19)17(21)11-15-14-6-4-3-5-13(14)8-10-22-15/h3-6,15-16H,7-12,19H2,1-2H3. The molecule has 0 bridgehead atoms. The Hall–Kier alpha value is -1.39. The molecule has 2 N–H and O–H groups in total. The molecule has 4 nitrogen and oxygen atoms in total. The number of amides is 1. The lowest BCUT2D eigenvalue weighted by atomic mass is 9.79. The van der Waals surface area contributed by atoms with E-state index in [4.69, 9.17) is 10.5 Å². The number of nitrogens with zero attached hydrogens (tertiary/aromatic N) is 1. The van der Waals surface area contributed by atoms with E-state index in [9.17, 15) is 4.79 Å². The van der Waals surface area contributed by atoms with Gasteiger partial charge in [0.05, 0.1) is 19.1 Å². The molecule has 2 aliphatic rings. The number of nitrogens with two attached hydrogens (primary N) is 1. The van der Waals surface area contributed by atoms with Crippen LogP contribution in [0.3, 0.4) is 0 Å². The number of fused-ring (bicyclic) bond motifs is 1. The molecule has 2 atom stereocenters. The van der Waals surface area contributed by atoms with Crippen LogP contribution in [-0.2, 0) is 16.0 Å². The number of carbonyl (C=O) groups is 1. The maximum atomic E-state index is 12.7. The molecule has 0 radical (unpaired) electrons. The normalized spacial score (nSPS) is 27.3. The van der Waals surface area contributed by atoms with Gasteiger partial charge in [-0.25, -0.2) is 0 Å². The van der Waals surface area contributed by atoms with Gasteiger partial charge in [0.2, 0.25) is 5.91 Å². The van der Waals surface area contributed by atoms with Crippen LogP contribution in [0.1, 0.15) is 43.9 Å². The summed E-state index contributed by atoms with van der Waals surface area (Å²) in [7, 11) is 0. The Kier molecular flexibility index (Phi) is 4.24. The number of hydrogen-bond donors (Lipinski definition) is 1. The highest BCUT2D eigenvalue weighted by Gasteiger charge is 2.36. The molecule has 1 saturated heterocycles. The molecule has 120 valence electrons. The smallest absolute Gasteiger partial charge is 0.225 e. The summed E-state index contributed by atoms with van der Waals surface area (Å²) in [6.07, 6.45) is 2.14. The number of piperidine rings is 1. The molecule has 0 saturated carbocycles. The minimum absolute atomic E-state index is 0.0146. The molecule has 1 amide bonds. The van der Waals surface area contributed by atoms with Crippen molar-refractivity contribution in [1.29, 1.82) is 0 Å². The lowest BCUT2D eigenvalue weighted by Crippen LogP contribution is -2.54. The van der Waals surface area contributed by atoms with Crippen LogP contribution in [-0.4, -0.2) is 36.5 Å². The maximum Gasteiger partial charge on any atom is 0.225 e. The van der Waals surface area contributed by atoms with E-state index >= 15 is 0 Å². The van der Waals surface area contributed by atoms with Crippen LogP contribution in [0.4, 0.5) is 0 Å². The SMILES string of the molecule is CC1(C)CN(C(=O)CC2OCCc3ccccc32)CCC1N. The van der Waals surface area contributed by atoms with Crippen LogP contribution < -0.4 is 5.73 Å². The molecule has 2 aliphatic heterocycles. The van der Waals surface area contributed by atoms with Crippen molar-refractivity contribution in [3.05, 3.63) is 35.4 Å². The van der Waals surface area contributed by atoms with Crippen molar-refractivity contribution in [2.75, 3.05) is 19.7 Å². The Morgan fingerprint density at radius 1 is 1.41 bits per heavy atom. The fourth-order valence-corrected chi connectivity index (χ4v) is 3.52. The Morgan fingerprint density at radius 2 is 2.18 bits per heavy atom. The fraction of sp³-hybridized carbons (Fsp3) is 0.611. The maximum absolute atomic E-state index is 12.7. The molecule has 0 aliphatic carbocycles. The van der Waals surface area contributed by atoms with E-state index in [1.54, 1.807) is 0 Å². The largest absolute Gasteiger partial charge is 0.373 e. The molecule has 22 heavy (non-hydrogen) atoms. The van der Waals surface area contributed by atoms with Gasteiger partial charge in [-0.1, -0.05) is 38.1 Å². The predicted octanol–water partition coefficient (Wildman–Crippen LogP) is 2.28. The molecular formula is C18H26N2O2. The zero-order chi connectivity index (χ0) is 15.7. The second-order valence-corrected chi connectivity index (χ2v) is 7.21. The third-order valence-corrected chi connectivity index (χ3v) is 5.12. The Morgan fingerprint density at radius 3 is 2.95 bits per heavy atom. The van der Waals surface area contributed by atoms with Gasteiger partial charge in [-0.2, -0.15) is 0 Å². The summed E-state index contributed by atoms with van der Waals surface area (Å²) in [6, 6.07) is 8.47. The third kappa shape index (κ3) is 3.03. The van der Waals surface area contributed by atoms with E-state index in [-0.39, 0.29) is 23.5 Å². The highest BCUT2D eigenvalue weighted by Crippen LogP contribution is 2.32. The topological polar surface area (TPSA) is 55.6 Å². The Bertz CT molecular complexity index is 556. The summed E-state index contributed by atoms with van der Waals surface area (Å²) in [5, 5.41) is 0. The third-order valence-electron chi connectivity index (χ3n) is 5.12. The summed E-state index contributed by atoms with van der Waals surface area (Å²) in [6.45, 7) is 6.48. The first-order chi connectivity index (χ1) is 10.5.